The average Bonchev–Trinajstić information content (AvgIpc) is 2.88. The zero-order chi connectivity index (χ0) is 14.9. The molecule has 0 aliphatic carbocycles. The Morgan fingerprint density at radius 2 is 2.05 bits per heavy atom. The number of benzene rings is 1. The summed E-state index contributed by atoms with van der Waals surface area (Å²) in [5.74, 6) is 0.107. The van der Waals surface area contributed by atoms with Gasteiger partial charge in [0.15, 0.2) is 0 Å². The molecular formula is C14H18ClNO4. The summed E-state index contributed by atoms with van der Waals surface area (Å²) in [5, 5.41) is 12.8. The zero-order valence-corrected chi connectivity index (χ0v) is 12.5. The number of rotatable bonds is 4. The maximum absolute atomic E-state index is 11.0. The summed E-state index contributed by atoms with van der Waals surface area (Å²) in [4.78, 5) is 11.0. The summed E-state index contributed by atoms with van der Waals surface area (Å²) >= 11 is 6.22. The second-order valence-electron chi connectivity index (χ2n) is 4.87. The van der Waals surface area contributed by atoms with Crippen LogP contribution in [0.25, 0.3) is 0 Å². The molecule has 1 heterocycles. The van der Waals surface area contributed by atoms with Crippen molar-refractivity contribution in [1.82, 2.24) is 5.32 Å². The smallest absolute Gasteiger partial charge is 0.307 e. The molecule has 2 atom stereocenters. The van der Waals surface area contributed by atoms with E-state index >= 15 is 0 Å². The Balaban J connectivity index is 2.40. The first-order chi connectivity index (χ1) is 9.49. The van der Waals surface area contributed by atoms with Crippen LogP contribution in [0, 0.1) is 12.8 Å². The van der Waals surface area contributed by atoms with Gasteiger partial charge in [0.05, 0.1) is 25.2 Å². The van der Waals surface area contributed by atoms with E-state index in [1.54, 1.807) is 20.3 Å². The van der Waals surface area contributed by atoms with Crippen LogP contribution in [0.2, 0.25) is 5.02 Å². The van der Waals surface area contributed by atoms with Gasteiger partial charge in [0, 0.05) is 23.7 Å². The van der Waals surface area contributed by atoms with Gasteiger partial charge in [-0.15, -0.1) is 0 Å². The second kappa shape index (κ2) is 5.89. The first-order valence-electron chi connectivity index (χ1n) is 6.36. The number of hydrogen-bond donors (Lipinski definition) is 2. The van der Waals surface area contributed by atoms with Crippen molar-refractivity contribution in [2.45, 2.75) is 19.4 Å². The van der Waals surface area contributed by atoms with E-state index in [1.807, 2.05) is 6.92 Å². The number of carboxylic acids is 1. The fourth-order valence-corrected chi connectivity index (χ4v) is 3.04. The summed E-state index contributed by atoms with van der Waals surface area (Å²) in [6.07, 6.45) is 0.522. The zero-order valence-electron chi connectivity index (χ0n) is 11.7. The highest BCUT2D eigenvalue weighted by Gasteiger charge is 2.33. The Morgan fingerprint density at radius 1 is 1.40 bits per heavy atom. The van der Waals surface area contributed by atoms with E-state index in [1.165, 1.54) is 0 Å². The molecule has 2 unspecified atom stereocenters. The van der Waals surface area contributed by atoms with Crippen LogP contribution in [-0.2, 0) is 4.79 Å². The number of carboxylic acid groups (broad SMARTS) is 1. The lowest BCUT2D eigenvalue weighted by atomic mass is 9.97. The average molecular weight is 300 g/mol. The van der Waals surface area contributed by atoms with Crippen molar-refractivity contribution in [1.29, 1.82) is 0 Å². The molecule has 0 radical (unpaired) electrons. The van der Waals surface area contributed by atoms with Gasteiger partial charge in [0.2, 0.25) is 0 Å². The van der Waals surface area contributed by atoms with Gasteiger partial charge >= 0.3 is 5.97 Å². The second-order valence-corrected chi connectivity index (χ2v) is 5.28. The van der Waals surface area contributed by atoms with E-state index in [2.05, 4.69) is 5.32 Å². The minimum absolute atomic E-state index is 0.0758. The van der Waals surface area contributed by atoms with E-state index in [4.69, 9.17) is 26.2 Å². The van der Waals surface area contributed by atoms with Gasteiger partial charge in [-0.3, -0.25) is 4.79 Å². The minimum atomic E-state index is -0.782. The third-order valence-electron chi connectivity index (χ3n) is 3.71. The Bertz CT molecular complexity index is 532. The van der Waals surface area contributed by atoms with Crippen LogP contribution in [0.15, 0.2) is 6.07 Å². The van der Waals surface area contributed by atoms with Crippen LogP contribution in [0.5, 0.6) is 11.5 Å². The van der Waals surface area contributed by atoms with Crippen molar-refractivity contribution in [3.63, 3.8) is 0 Å². The van der Waals surface area contributed by atoms with Gasteiger partial charge < -0.3 is 19.9 Å². The van der Waals surface area contributed by atoms with Crippen molar-refractivity contribution in [2.75, 3.05) is 20.8 Å². The molecule has 1 aromatic carbocycles. The molecule has 1 aliphatic heterocycles. The number of nitrogens with one attached hydrogen (secondary N) is 1. The van der Waals surface area contributed by atoms with E-state index in [9.17, 15) is 4.79 Å². The lowest BCUT2D eigenvalue weighted by Gasteiger charge is -2.20. The predicted octanol–water partition coefficient (Wildman–Crippen LogP) is 2.40. The van der Waals surface area contributed by atoms with Crippen molar-refractivity contribution in [2.24, 2.45) is 5.92 Å². The van der Waals surface area contributed by atoms with Gasteiger partial charge in [-0.2, -0.15) is 0 Å². The monoisotopic (exact) mass is 299 g/mol. The highest BCUT2D eigenvalue weighted by molar-refractivity contribution is 6.32. The lowest BCUT2D eigenvalue weighted by molar-refractivity contribution is -0.141. The molecule has 1 saturated heterocycles. The maximum Gasteiger partial charge on any atom is 0.307 e. The quantitative estimate of drug-likeness (QED) is 0.893. The van der Waals surface area contributed by atoms with Gasteiger partial charge in [-0.25, -0.2) is 0 Å². The number of methoxy groups -OCH3 is 2. The molecule has 2 N–H and O–H groups in total. The standard InChI is InChI=1S/C14H18ClNO4/c1-7-12(19-2)9(5-10(15)13(7)20-3)11-4-8(6-16-11)14(17)18/h5,8,11,16H,4,6H2,1-3H3,(H,17,18). The third-order valence-corrected chi connectivity index (χ3v) is 3.99. The SMILES string of the molecule is COc1c(Cl)cc(C2CC(C(=O)O)CN2)c(OC)c1C. The molecule has 2 rings (SSSR count). The molecule has 0 saturated carbocycles. The summed E-state index contributed by atoms with van der Waals surface area (Å²) in [7, 11) is 3.14. The van der Waals surface area contributed by atoms with Gasteiger partial charge in [0.25, 0.3) is 0 Å². The van der Waals surface area contributed by atoms with E-state index in [0.29, 0.717) is 29.5 Å². The molecule has 110 valence electrons. The molecule has 5 nitrogen and oxygen atoms in total. The topological polar surface area (TPSA) is 67.8 Å². The van der Waals surface area contributed by atoms with Crippen LogP contribution in [0.4, 0.5) is 0 Å². The Morgan fingerprint density at radius 3 is 2.55 bits per heavy atom. The van der Waals surface area contributed by atoms with Crippen molar-refractivity contribution in [3.05, 3.63) is 22.2 Å². The molecule has 1 fully saturated rings. The fraction of sp³-hybridized carbons (Fsp3) is 0.500. The largest absolute Gasteiger partial charge is 0.496 e. The van der Waals surface area contributed by atoms with Gasteiger partial charge in [-0.05, 0) is 19.4 Å². The summed E-state index contributed by atoms with van der Waals surface area (Å²) in [6.45, 7) is 2.32. The molecular weight excluding hydrogens is 282 g/mol. The summed E-state index contributed by atoms with van der Waals surface area (Å²) in [6, 6.07) is 1.71. The van der Waals surface area contributed by atoms with Crippen LogP contribution in [0.1, 0.15) is 23.6 Å². The van der Waals surface area contributed by atoms with Crippen molar-refractivity contribution < 1.29 is 19.4 Å². The first kappa shape index (κ1) is 14.9. The number of halogens is 1. The normalized spacial score (nSPS) is 21.8. The van der Waals surface area contributed by atoms with E-state index < -0.39 is 5.97 Å². The predicted molar refractivity (Wildman–Crippen MR) is 75.8 cm³/mol. The molecule has 0 bridgehead atoms. The van der Waals surface area contributed by atoms with E-state index in [0.717, 1.165) is 11.1 Å². The number of hydrogen-bond acceptors (Lipinski definition) is 4. The fourth-order valence-electron chi connectivity index (χ4n) is 2.71. The molecule has 1 aliphatic rings. The molecule has 6 heteroatoms. The molecule has 0 spiro atoms. The van der Waals surface area contributed by atoms with Crippen LogP contribution >= 0.6 is 11.6 Å². The summed E-state index contributed by atoms with van der Waals surface area (Å²) < 4.78 is 10.7. The van der Waals surface area contributed by atoms with Crippen LogP contribution in [0.3, 0.4) is 0 Å². The lowest BCUT2D eigenvalue weighted by Crippen LogP contribution is -2.17. The highest BCUT2D eigenvalue weighted by atomic mass is 35.5. The molecule has 20 heavy (non-hydrogen) atoms. The van der Waals surface area contributed by atoms with Gasteiger partial charge in [-0.1, -0.05) is 11.6 Å². The first-order valence-corrected chi connectivity index (χ1v) is 6.74. The van der Waals surface area contributed by atoms with Crippen LogP contribution in [-0.4, -0.2) is 31.8 Å². The molecule has 1 aromatic rings. The van der Waals surface area contributed by atoms with Crippen molar-refractivity contribution >= 4 is 17.6 Å². The number of carbonyl (C=O) groups is 1. The van der Waals surface area contributed by atoms with Crippen LogP contribution < -0.4 is 14.8 Å². The minimum Gasteiger partial charge on any atom is -0.496 e. The Labute approximate surface area is 122 Å². The maximum atomic E-state index is 11.0. The molecule has 0 amide bonds. The number of aliphatic carboxylic acids is 1. The Kier molecular flexibility index (Phi) is 4.40. The Hall–Kier alpha value is -1.46. The summed E-state index contributed by atoms with van der Waals surface area (Å²) in [5.41, 5.74) is 1.69. The third kappa shape index (κ3) is 2.55. The van der Waals surface area contributed by atoms with E-state index in [-0.39, 0.29) is 12.0 Å². The highest BCUT2D eigenvalue weighted by Crippen LogP contribution is 2.42. The van der Waals surface area contributed by atoms with Gasteiger partial charge in [0.1, 0.15) is 11.5 Å². The van der Waals surface area contributed by atoms with Crippen molar-refractivity contribution in [3.8, 4) is 11.5 Å². The molecule has 0 aromatic heterocycles. The number of ether oxygens (including phenoxy) is 2.